The number of carbonyl (C=O) groups excluding carboxylic acids is 2. The minimum atomic E-state index is -0.911. The van der Waals surface area contributed by atoms with Gasteiger partial charge in [0.2, 0.25) is 5.91 Å². The highest BCUT2D eigenvalue weighted by molar-refractivity contribution is 5.97. The third kappa shape index (κ3) is 3.85. The van der Waals surface area contributed by atoms with Crippen molar-refractivity contribution in [1.29, 1.82) is 0 Å². The number of hydrogen-bond acceptors (Lipinski definition) is 4. The summed E-state index contributed by atoms with van der Waals surface area (Å²) < 4.78 is 5.94. The average Bonchev–Trinajstić information content (AvgIpc) is 2.76. The van der Waals surface area contributed by atoms with E-state index in [2.05, 4.69) is 5.32 Å². The van der Waals surface area contributed by atoms with Gasteiger partial charge in [-0.15, -0.1) is 0 Å². The lowest BCUT2D eigenvalue weighted by atomic mass is 9.71. The summed E-state index contributed by atoms with van der Waals surface area (Å²) >= 11 is 0. The molecular formula is C23H26N2O4. The van der Waals surface area contributed by atoms with Gasteiger partial charge in [-0.1, -0.05) is 42.5 Å². The monoisotopic (exact) mass is 394 g/mol. The Morgan fingerprint density at radius 2 is 1.93 bits per heavy atom. The zero-order valence-electron chi connectivity index (χ0n) is 16.3. The van der Waals surface area contributed by atoms with Crippen LogP contribution >= 0.6 is 0 Å². The molecule has 0 aliphatic carbocycles. The third-order valence-electron chi connectivity index (χ3n) is 5.96. The number of aliphatic hydroxyl groups is 1. The summed E-state index contributed by atoms with van der Waals surface area (Å²) in [5, 5.41) is 13.4. The molecule has 0 radical (unpaired) electrons. The molecule has 0 unspecified atom stereocenters. The Balaban J connectivity index is 1.53. The molecule has 2 amide bonds. The molecule has 2 saturated heterocycles. The van der Waals surface area contributed by atoms with Gasteiger partial charge in [0.1, 0.15) is 12.4 Å². The lowest BCUT2D eigenvalue weighted by Gasteiger charge is -2.46. The fraction of sp³-hybridized carbons (Fsp3) is 0.391. The van der Waals surface area contributed by atoms with Crippen molar-refractivity contribution < 1.29 is 19.4 Å². The first kappa shape index (κ1) is 19.5. The van der Waals surface area contributed by atoms with Gasteiger partial charge >= 0.3 is 0 Å². The van der Waals surface area contributed by atoms with Gasteiger partial charge in [-0.3, -0.25) is 9.59 Å². The molecule has 2 heterocycles. The standard InChI is InChI=1S/C23H26N2O4/c26-20-11-14-25(16-23(20)12-6-13-24-22(23)28)21(27)18-9-4-5-10-19(18)29-15-17-7-2-1-3-8-17/h1-5,7-10,20,26H,6,11-16H2,(H,24,28)/t20-,23+/m0/s1. The van der Waals surface area contributed by atoms with Crippen LogP contribution in [0.2, 0.25) is 0 Å². The zero-order chi connectivity index (χ0) is 20.3. The van der Waals surface area contributed by atoms with E-state index in [1.54, 1.807) is 17.0 Å². The zero-order valence-corrected chi connectivity index (χ0v) is 16.3. The van der Waals surface area contributed by atoms with Crippen LogP contribution in [0.1, 0.15) is 35.2 Å². The molecule has 2 atom stereocenters. The van der Waals surface area contributed by atoms with E-state index in [0.717, 1.165) is 12.0 Å². The second-order valence-electron chi connectivity index (χ2n) is 7.82. The van der Waals surface area contributed by atoms with E-state index in [1.165, 1.54) is 0 Å². The van der Waals surface area contributed by atoms with Crippen LogP contribution in [-0.4, -0.2) is 47.6 Å². The Labute approximate surface area is 170 Å². The highest BCUT2D eigenvalue weighted by Gasteiger charge is 2.50. The van der Waals surface area contributed by atoms with E-state index in [9.17, 15) is 14.7 Å². The highest BCUT2D eigenvalue weighted by atomic mass is 16.5. The van der Waals surface area contributed by atoms with Crippen molar-refractivity contribution in [1.82, 2.24) is 10.2 Å². The van der Waals surface area contributed by atoms with Gasteiger partial charge < -0.3 is 20.1 Å². The molecule has 6 heteroatoms. The summed E-state index contributed by atoms with van der Waals surface area (Å²) in [5.74, 6) is 0.204. The SMILES string of the molecule is O=C(c1ccccc1OCc1ccccc1)N1CC[C@H](O)[C@@]2(CCCNC2=O)C1. The van der Waals surface area contributed by atoms with Gasteiger partial charge in [-0.2, -0.15) is 0 Å². The van der Waals surface area contributed by atoms with Crippen molar-refractivity contribution in [3.05, 3.63) is 65.7 Å². The summed E-state index contributed by atoms with van der Waals surface area (Å²) in [6.07, 6.45) is 1.07. The first-order valence-electron chi connectivity index (χ1n) is 10.1. The van der Waals surface area contributed by atoms with E-state index >= 15 is 0 Å². The molecule has 29 heavy (non-hydrogen) atoms. The second-order valence-corrected chi connectivity index (χ2v) is 7.82. The van der Waals surface area contributed by atoms with Crippen molar-refractivity contribution in [3.8, 4) is 5.75 Å². The number of amides is 2. The van der Waals surface area contributed by atoms with Crippen LogP contribution in [-0.2, 0) is 11.4 Å². The number of carbonyl (C=O) groups is 2. The lowest BCUT2D eigenvalue weighted by molar-refractivity contribution is -0.147. The minimum Gasteiger partial charge on any atom is -0.488 e. The van der Waals surface area contributed by atoms with Crippen molar-refractivity contribution in [3.63, 3.8) is 0 Å². The number of benzene rings is 2. The molecule has 2 N–H and O–H groups in total. The maximum absolute atomic E-state index is 13.3. The molecule has 6 nitrogen and oxygen atoms in total. The fourth-order valence-corrected chi connectivity index (χ4v) is 4.29. The predicted octanol–water partition coefficient (Wildman–Crippen LogP) is 2.37. The van der Waals surface area contributed by atoms with Crippen LogP contribution in [0.4, 0.5) is 0 Å². The highest BCUT2D eigenvalue weighted by Crippen LogP contribution is 2.38. The fourth-order valence-electron chi connectivity index (χ4n) is 4.29. The van der Waals surface area contributed by atoms with Crippen molar-refractivity contribution in [2.24, 2.45) is 5.41 Å². The maximum atomic E-state index is 13.3. The summed E-state index contributed by atoms with van der Waals surface area (Å²) in [5.41, 5.74) is 0.589. The lowest BCUT2D eigenvalue weighted by Crippen LogP contribution is -2.62. The van der Waals surface area contributed by atoms with Gasteiger partial charge in [0.25, 0.3) is 5.91 Å². The van der Waals surface area contributed by atoms with Crippen LogP contribution in [0.15, 0.2) is 54.6 Å². The summed E-state index contributed by atoms with van der Waals surface area (Å²) in [4.78, 5) is 27.6. The number of nitrogens with one attached hydrogen (secondary N) is 1. The molecule has 2 aliphatic heterocycles. The van der Waals surface area contributed by atoms with Crippen molar-refractivity contribution in [2.45, 2.75) is 32.0 Å². The molecule has 2 aromatic carbocycles. The van der Waals surface area contributed by atoms with Crippen molar-refractivity contribution in [2.75, 3.05) is 19.6 Å². The van der Waals surface area contributed by atoms with Gasteiger partial charge in [0, 0.05) is 19.6 Å². The number of likely N-dealkylation sites (tertiary alicyclic amines) is 1. The topological polar surface area (TPSA) is 78.9 Å². The van der Waals surface area contributed by atoms with E-state index in [1.807, 2.05) is 42.5 Å². The number of ether oxygens (including phenoxy) is 1. The summed E-state index contributed by atoms with van der Waals surface area (Å²) in [6.45, 7) is 1.64. The van der Waals surface area contributed by atoms with Gasteiger partial charge in [0.15, 0.2) is 0 Å². The molecular weight excluding hydrogens is 368 g/mol. The van der Waals surface area contributed by atoms with E-state index in [0.29, 0.717) is 43.9 Å². The Bertz CT molecular complexity index is 885. The van der Waals surface area contributed by atoms with E-state index in [4.69, 9.17) is 4.74 Å². The van der Waals surface area contributed by atoms with E-state index < -0.39 is 11.5 Å². The summed E-state index contributed by atoms with van der Waals surface area (Å²) in [7, 11) is 0. The van der Waals surface area contributed by atoms with Gasteiger partial charge in [-0.25, -0.2) is 0 Å². The Hall–Kier alpha value is -2.86. The number of rotatable bonds is 4. The van der Waals surface area contributed by atoms with Crippen LogP contribution in [0.3, 0.4) is 0 Å². The molecule has 152 valence electrons. The average molecular weight is 394 g/mol. The number of aliphatic hydroxyl groups excluding tert-OH is 1. The number of para-hydroxylation sites is 1. The molecule has 2 aromatic rings. The maximum Gasteiger partial charge on any atom is 0.257 e. The van der Waals surface area contributed by atoms with Crippen LogP contribution in [0, 0.1) is 5.41 Å². The molecule has 1 spiro atoms. The van der Waals surface area contributed by atoms with Crippen LogP contribution in [0.25, 0.3) is 0 Å². The second kappa shape index (κ2) is 8.25. The Kier molecular flexibility index (Phi) is 5.53. The first-order chi connectivity index (χ1) is 14.1. The first-order valence-corrected chi connectivity index (χ1v) is 10.1. The molecule has 4 rings (SSSR count). The van der Waals surface area contributed by atoms with Crippen LogP contribution < -0.4 is 10.1 Å². The Morgan fingerprint density at radius 3 is 2.72 bits per heavy atom. The minimum absolute atomic E-state index is 0.151. The number of hydrogen-bond donors (Lipinski definition) is 2. The third-order valence-corrected chi connectivity index (χ3v) is 5.96. The van der Waals surface area contributed by atoms with Crippen LogP contribution in [0.5, 0.6) is 5.75 Å². The predicted molar refractivity (Wildman–Crippen MR) is 108 cm³/mol. The largest absolute Gasteiger partial charge is 0.488 e. The van der Waals surface area contributed by atoms with Gasteiger partial charge in [0.05, 0.1) is 17.1 Å². The molecule has 2 fully saturated rings. The molecule has 0 saturated carbocycles. The normalized spacial score (nSPS) is 24.2. The molecule has 2 aliphatic rings. The molecule has 0 bridgehead atoms. The number of nitrogens with zero attached hydrogens (tertiary/aromatic N) is 1. The molecule has 0 aromatic heterocycles. The Morgan fingerprint density at radius 1 is 1.17 bits per heavy atom. The van der Waals surface area contributed by atoms with Gasteiger partial charge in [-0.05, 0) is 37.0 Å². The van der Waals surface area contributed by atoms with Crippen molar-refractivity contribution >= 4 is 11.8 Å². The summed E-state index contributed by atoms with van der Waals surface area (Å²) in [6, 6.07) is 17.0. The quantitative estimate of drug-likeness (QED) is 0.835. The van der Waals surface area contributed by atoms with E-state index in [-0.39, 0.29) is 18.4 Å². The number of piperidine rings is 2. The smallest absolute Gasteiger partial charge is 0.257 e.